The summed E-state index contributed by atoms with van der Waals surface area (Å²) in [5.41, 5.74) is 6.52. The van der Waals surface area contributed by atoms with Crippen LogP contribution in [-0.2, 0) is 6.42 Å². The molecule has 1 aromatic heterocycles. The van der Waals surface area contributed by atoms with Gasteiger partial charge in [-0.15, -0.1) is 16.7 Å². The van der Waals surface area contributed by atoms with Crippen molar-refractivity contribution in [3.63, 3.8) is 0 Å². The predicted octanol–water partition coefficient (Wildman–Crippen LogP) is 3.87. The molecule has 1 atom stereocenters. The fraction of sp³-hybridized carbons (Fsp3) is 0.316. The summed E-state index contributed by atoms with van der Waals surface area (Å²) >= 11 is 5.72. The summed E-state index contributed by atoms with van der Waals surface area (Å²) in [7, 11) is 0. The normalized spacial score (nSPS) is 13.0. The number of nitrogens with one attached hydrogen (secondary N) is 2. The van der Waals surface area contributed by atoms with Crippen molar-refractivity contribution in [1.82, 2.24) is 14.8 Å². The Labute approximate surface area is 175 Å². The second kappa shape index (κ2) is 10.1. The number of rotatable bonds is 9. The zero-order chi connectivity index (χ0) is 22.4. The first-order chi connectivity index (χ1) is 14.2. The number of nitrogen functional groups attached to an aromatic ring is 1. The minimum Gasteiger partial charge on any atom is -0.368 e. The molecule has 1 unspecified atom stereocenters. The molecule has 0 bridgehead atoms. The number of nitrogens with two attached hydrogens (primary N) is 1. The van der Waals surface area contributed by atoms with Crippen LogP contribution in [0.1, 0.15) is 35.9 Å². The number of nitrogens with zero attached hydrogens (tertiary/aromatic N) is 3. The van der Waals surface area contributed by atoms with Gasteiger partial charge in [-0.25, -0.2) is 13.2 Å². The van der Waals surface area contributed by atoms with Gasteiger partial charge in [-0.05, 0) is 49.5 Å². The van der Waals surface area contributed by atoms with Crippen LogP contribution in [0.3, 0.4) is 0 Å². The van der Waals surface area contributed by atoms with Crippen molar-refractivity contribution < 1.29 is 18.0 Å². The molecule has 1 aromatic carbocycles. The summed E-state index contributed by atoms with van der Waals surface area (Å²) in [5.74, 6) is -5.66. The van der Waals surface area contributed by atoms with E-state index < -0.39 is 29.3 Å². The van der Waals surface area contributed by atoms with E-state index in [2.05, 4.69) is 10.1 Å². The van der Waals surface area contributed by atoms with Crippen LogP contribution in [0.2, 0.25) is 0 Å². The third kappa shape index (κ3) is 5.12. The van der Waals surface area contributed by atoms with Crippen molar-refractivity contribution in [1.29, 1.82) is 10.8 Å². The maximum Gasteiger partial charge on any atom is 0.253 e. The van der Waals surface area contributed by atoms with E-state index in [-0.39, 0.29) is 41.6 Å². The fourth-order valence-corrected chi connectivity index (χ4v) is 3.01. The van der Waals surface area contributed by atoms with Crippen LogP contribution in [0.4, 0.5) is 19.1 Å². The number of allylic oxidation sites excluding steroid dienone is 2. The molecule has 160 valence electrons. The van der Waals surface area contributed by atoms with Crippen LogP contribution >= 0.6 is 11.6 Å². The molecule has 0 aliphatic carbocycles. The maximum absolute atomic E-state index is 13.6. The van der Waals surface area contributed by atoms with Gasteiger partial charge in [0.15, 0.2) is 23.3 Å². The average molecular weight is 441 g/mol. The maximum atomic E-state index is 13.6. The Morgan fingerprint density at radius 3 is 2.43 bits per heavy atom. The lowest BCUT2D eigenvalue weighted by Crippen LogP contribution is -2.26. The van der Waals surface area contributed by atoms with Crippen LogP contribution in [-0.4, -0.2) is 39.0 Å². The molecule has 0 amide bonds. The van der Waals surface area contributed by atoms with Gasteiger partial charge < -0.3 is 16.6 Å². The molecule has 4 N–H and O–H groups in total. The van der Waals surface area contributed by atoms with E-state index in [4.69, 9.17) is 28.2 Å². The molecule has 0 radical (unpaired) electrons. The highest BCUT2D eigenvalue weighted by Gasteiger charge is 2.26. The molecule has 0 saturated carbocycles. The topological polar surface area (TPSA) is 121 Å². The van der Waals surface area contributed by atoms with Crippen LogP contribution in [0, 0.1) is 34.2 Å². The number of aromatic nitrogens is 3. The first-order valence-corrected chi connectivity index (χ1v) is 9.45. The highest BCUT2D eigenvalue weighted by molar-refractivity contribution is 6.17. The van der Waals surface area contributed by atoms with Gasteiger partial charge in [0.2, 0.25) is 5.95 Å². The van der Waals surface area contributed by atoms with Gasteiger partial charge in [0.05, 0.1) is 0 Å². The largest absolute Gasteiger partial charge is 0.368 e. The zero-order valence-corrected chi connectivity index (χ0v) is 16.8. The van der Waals surface area contributed by atoms with Crippen molar-refractivity contribution in [2.24, 2.45) is 5.92 Å². The Bertz CT molecular complexity index is 981. The van der Waals surface area contributed by atoms with E-state index in [9.17, 15) is 18.0 Å². The summed E-state index contributed by atoms with van der Waals surface area (Å²) in [6.45, 7) is 1.58. The van der Waals surface area contributed by atoms with Crippen LogP contribution in [0.25, 0.3) is 5.57 Å². The Kier molecular flexibility index (Phi) is 7.87. The molecule has 2 rings (SSSR count). The summed E-state index contributed by atoms with van der Waals surface area (Å²) in [6, 6.07) is 1.66. The Morgan fingerprint density at radius 2 is 1.90 bits per heavy atom. The van der Waals surface area contributed by atoms with E-state index in [0.717, 1.165) is 29.2 Å². The van der Waals surface area contributed by atoms with Crippen molar-refractivity contribution >= 4 is 41.5 Å². The van der Waals surface area contributed by atoms with Crippen LogP contribution in [0.5, 0.6) is 0 Å². The number of hydrogen-bond acceptors (Lipinski definition) is 6. The molecule has 30 heavy (non-hydrogen) atoms. The van der Waals surface area contributed by atoms with Crippen LogP contribution in [0.15, 0.2) is 17.7 Å². The number of hydrogen-bond donors (Lipinski definition) is 3. The van der Waals surface area contributed by atoms with Crippen LogP contribution < -0.4 is 5.73 Å². The summed E-state index contributed by atoms with van der Waals surface area (Å²) in [6.07, 6.45) is 2.57. The lowest BCUT2D eigenvalue weighted by molar-refractivity contribution is 0.0811. The number of benzene rings is 1. The molecule has 0 aliphatic heterocycles. The molecule has 11 heteroatoms. The van der Waals surface area contributed by atoms with E-state index in [1.807, 2.05) is 0 Å². The fourth-order valence-electron chi connectivity index (χ4n) is 2.85. The standard InChI is InChI=1S/C19H20ClF3N6O/c1-10(8-24)13(9-25)17-27-19(26)29(28-17)18(30)12(3-2-4-20)5-11-6-14(21)16(23)15(22)7-11/h6-9,12,24-25H,2-5H2,1H3,(H2,26,27,28)/b13-10+,24-8?,25-9?. The monoisotopic (exact) mass is 440 g/mol. The van der Waals surface area contributed by atoms with Gasteiger partial charge in [0, 0.05) is 29.8 Å². The second-order valence-electron chi connectivity index (χ2n) is 6.53. The van der Waals surface area contributed by atoms with E-state index in [1.165, 1.54) is 0 Å². The minimum absolute atomic E-state index is 0.00758. The lowest BCUT2D eigenvalue weighted by Gasteiger charge is -2.16. The summed E-state index contributed by atoms with van der Waals surface area (Å²) in [4.78, 5) is 17.0. The van der Waals surface area contributed by atoms with Crippen molar-refractivity contribution in [2.75, 3.05) is 11.6 Å². The van der Waals surface area contributed by atoms with Gasteiger partial charge in [-0.1, -0.05) is 0 Å². The zero-order valence-electron chi connectivity index (χ0n) is 16.1. The molecule has 1 heterocycles. The second-order valence-corrected chi connectivity index (χ2v) is 6.91. The first-order valence-electron chi connectivity index (χ1n) is 8.91. The van der Waals surface area contributed by atoms with Gasteiger partial charge in [-0.3, -0.25) is 4.79 Å². The molecule has 0 spiro atoms. The van der Waals surface area contributed by atoms with Gasteiger partial charge in [0.1, 0.15) is 0 Å². The smallest absolute Gasteiger partial charge is 0.253 e. The number of anilines is 1. The number of carbonyl (C=O) groups excluding carboxylic acids is 1. The van der Waals surface area contributed by atoms with E-state index in [0.29, 0.717) is 12.0 Å². The average Bonchev–Trinajstić information content (AvgIpc) is 3.10. The Hall–Kier alpha value is -3.01. The Morgan fingerprint density at radius 1 is 1.27 bits per heavy atom. The number of carbonyl (C=O) groups is 1. The third-order valence-electron chi connectivity index (χ3n) is 4.43. The highest BCUT2D eigenvalue weighted by Crippen LogP contribution is 2.22. The third-order valence-corrected chi connectivity index (χ3v) is 4.70. The van der Waals surface area contributed by atoms with E-state index >= 15 is 0 Å². The van der Waals surface area contributed by atoms with Gasteiger partial charge in [0.25, 0.3) is 5.91 Å². The highest BCUT2D eigenvalue weighted by atomic mass is 35.5. The number of halogens is 4. The Balaban J connectivity index is 2.40. The predicted molar refractivity (Wildman–Crippen MR) is 109 cm³/mol. The van der Waals surface area contributed by atoms with Crippen molar-refractivity contribution in [3.05, 3.63) is 46.5 Å². The summed E-state index contributed by atoms with van der Waals surface area (Å²) < 4.78 is 41.2. The molecule has 0 saturated heterocycles. The first kappa shape index (κ1) is 23.3. The molecule has 2 aromatic rings. The SMILES string of the molecule is C/C(C=N)=C(/C=N)c1nc(N)n(C(=O)C(CCCCl)Cc2cc(F)c(F)c(F)c2)n1. The summed E-state index contributed by atoms with van der Waals surface area (Å²) in [5, 5.41) is 18.8. The molecule has 0 aliphatic rings. The molecule has 0 fully saturated rings. The van der Waals surface area contributed by atoms with Crippen molar-refractivity contribution in [3.8, 4) is 0 Å². The lowest BCUT2D eigenvalue weighted by atomic mass is 9.94. The minimum atomic E-state index is -1.58. The molecular formula is C19H20ClF3N6O. The molecular weight excluding hydrogens is 421 g/mol. The van der Waals surface area contributed by atoms with Gasteiger partial charge in [-0.2, -0.15) is 9.67 Å². The van der Waals surface area contributed by atoms with Gasteiger partial charge >= 0.3 is 0 Å². The van der Waals surface area contributed by atoms with E-state index in [1.54, 1.807) is 6.92 Å². The molecule has 7 nitrogen and oxygen atoms in total. The van der Waals surface area contributed by atoms with Crippen molar-refractivity contribution in [2.45, 2.75) is 26.2 Å². The quantitative estimate of drug-likeness (QED) is 0.311. The number of alkyl halides is 1.